The average molecular weight is 214 g/mol. The maximum Gasteiger partial charge on any atom is 0.259 e. The van der Waals surface area contributed by atoms with Crippen LogP contribution in [0, 0.1) is 11.3 Å². The predicted octanol–water partition coefficient (Wildman–Crippen LogP) is 2.20. The molecule has 0 aliphatic rings. The van der Waals surface area contributed by atoms with Gasteiger partial charge in [-0.25, -0.2) is 0 Å². The summed E-state index contributed by atoms with van der Waals surface area (Å²) in [5, 5.41) is 8.68. The summed E-state index contributed by atoms with van der Waals surface area (Å²) in [6.45, 7) is 4.21. The number of nitrogens with two attached hydrogens (primary N) is 1. The monoisotopic (exact) mass is 214 g/mol. The zero-order chi connectivity index (χ0) is 12.1. The molecule has 82 valence electrons. The molecule has 2 N–H and O–H groups in total. The second-order valence-electron chi connectivity index (χ2n) is 3.86. The molecule has 0 unspecified atom stereocenters. The molecule has 0 heterocycles. The van der Waals surface area contributed by atoms with E-state index in [0.29, 0.717) is 5.92 Å². The summed E-state index contributed by atoms with van der Waals surface area (Å²) in [6, 6.07) is 9.47. The molecule has 1 aromatic rings. The lowest BCUT2D eigenvalue weighted by molar-refractivity contribution is -0.114. The van der Waals surface area contributed by atoms with Crippen LogP contribution in [-0.4, -0.2) is 5.91 Å². The van der Waals surface area contributed by atoms with E-state index < -0.39 is 5.91 Å². The van der Waals surface area contributed by atoms with Crippen molar-refractivity contribution in [2.24, 2.45) is 5.73 Å². The smallest absolute Gasteiger partial charge is 0.259 e. The Morgan fingerprint density at radius 1 is 1.38 bits per heavy atom. The van der Waals surface area contributed by atoms with Gasteiger partial charge in [-0.1, -0.05) is 38.1 Å². The van der Waals surface area contributed by atoms with Crippen LogP contribution in [0.25, 0.3) is 6.08 Å². The average Bonchev–Trinajstić information content (AvgIpc) is 2.26. The van der Waals surface area contributed by atoms with Gasteiger partial charge in [0.2, 0.25) is 0 Å². The van der Waals surface area contributed by atoms with Crippen molar-refractivity contribution < 1.29 is 4.79 Å². The minimum absolute atomic E-state index is 0.0303. The predicted molar refractivity (Wildman–Crippen MR) is 63.3 cm³/mol. The van der Waals surface area contributed by atoms with Gasteiger partial charge in [-0.2, -0.15) is 5.26 Å². The van der Waals surface area contributed by atoms with Gasteiger partial charge in [-0.3, -0.25) is 4.79 Å². The molecule has 0 saturated carbocycles. The Kier molecular flexibility index (Phi) is 3.84. The molecular weight excluding hydrogens is 200 g/mol. The van der Waals surface area contributed by atoms with E-state index >= 15 is 0 Å². The van der Waals surface area contributed by atoms with Gasteiger partial charge in [-0.15, -0.1) is 0 Å². The zero-order valence-corrected chi connectivity index (χ0v) is 9.40. The molecule has 0 atom stereocenters. The van der Waals surface area contributed by atoms with Crippen molar-refractivity contribution in [1.29, 1.82) is 5.26 Å². The quantitative estimate of drug-likeness (QED) is 0.619. The second kappa shape index (κ2) is 5.13. The van der Waals surface area contributed by atoms with Crippen molar-refractivity contribution in [3.05, 3.63) is 41.0 Å². The third-order valence-corrected chi connectivity index (χ3v) is 2.30. The number of benzene rings is 1. The molecule has 0 saturated heterocycles. The van der Waals surface area contributed by atoms with E-state index in [2.05, 4.69) is 13.8 Å². The van der Waals surface area contributed by atoms with Crippen molar-refractivity contribution in [1.82, 2.24) is 0 Å². The lowest BCUT2D eigenvalue weighted by atomic mass is 10.0. The molecule has 16 heavy (non-hydrogen) atoms. The second-order valence-corrected chi connectivity index (χ2v) is 3.86. The summed E-state index contributed by atoms with van der Waals surface area (Å²) in [4.78, 5) is 10.8. The van der Waals surface area contributed by atoms with Crippen LogP contribution in [0.5, 0.6) is 0 Å². The Morgan fingerprint density at radius 3 is 2.31 bits per heavy atom. The largest absolute Gasteiger partial charge is 0.365 e. The molecule has 0 bridgehead atoms. The van der Waals surface area contributed by atoms with Gasteiger partial charge >= 0.3 is 0 Å². The maximum atomic E-state index is 10.8. The van der Waals surface area contributed by atoms with Gasteiger partial charge in [0, 0.05) is 0 Å². The number of primary amides is 1. The van der Waals surface area contributed by atoms with Gasteiger partial charge in [0.15, 0.2) is 0 Å². The number of hydrogen-bond acceptors (Lipinski definition) is 2. The summed E-state index contributed by atoms with van der Waals surface area (Å²) in [5.41, 5.74) is 7.04. The van der Waals surface area contributed by atoms with Crippen LogP contribution < -0.4 is 5.73 Å². The standard InChI is InChI=1S/C13H14N2O/c1-9(2)11-5-3-10(4-6-11)7-12(8-14)13(15)16/h3-7,9H,1-2H3,(H2,15,16). The Labute approximate surface area is 95.2 Å². The first-order valence-corrected chi connectivity index (χ1v) is 5.06. The first-order chi connectivity index (χ1) is 7.54. The number of rotatable bonds is 3. The van der Waals surface area contributed by atoms with Crippen molar-refractivity contribution in [3.63, 3.8) is 0 Å². The number of nitriles is 1. The van der Waals surface area contributed by atoms with Crippen molar-refractivity contribution in [3.8, 4) is 6.07 Å². The van der Waals surface area contributed by atoms with Crippen LogP contribution in [0.1, 0.15) is 30.9 Å². The fraction of sp³-hybridized carbons (Fsp3) is 0.231. The number of amides is 1. The molecule has 0 aliphatic carbocycles. The van der Waals surface area contributed by atoms with E-state index in [4.69, 9.17) is 11.0 Å². The van der Waals surface area contributed by atoms with Crippen LogP contribution in [0.4, 0.5) is 0 Å². The molecule has 0 aliphatic heterocycles. The molecule has 0 fully saturated rings. The summed E-state index contributed by atoms with van der Waals surface area (Å²) in [6.07, 6.45) is 1.49. The molecule has 3 nitrogen and oxygen atoms in total. The Balaban J connectivity index is 3.00. The molecule has 0 radical (unpaired) electrons. The number of carbonyl (C=O) groups is 1. The Morgan fingerprint density at radius 2 is 1.94 bits per heavy atom. The van der Waals surface area contributed by atoms with E-state index in [-0.39, 0.29) is 5.57 Å². The molecule has 0 spiro atoms. The Hall–Kier alpha value is -2.08. The molecule has 0 aromatic heterocycles. The fourth-order valence-corrected chi connectivity index (χ4v) is 1.30. The number of hydrogen-bond donors (Lipinski definition) is 1. The van der Waals surface area contributed by atoms with Crippen LogP contribution >= 0.6 is 0 Å². The third kappa shape index (κ3) is 2.96. The highest BCUT2D eigenvalue weighted by molar-refractivity contribution is 6.00. The van der Waals surface area contributed by atoms with Crippen LogP contribution in [0.2, 0.25) is 0 Å². The van der Waals surface area contributed by atoms with Crippen LogP contribution in [-0.2, 0) is 4.79 Å². The molecule has 1 aromatic carbocycles. The van der Waals surface area contributed by atoms with Crippen molar-refractivity contribution in [2.75, 3.05) is 0 Å². The minimum atomic E-state index is -0.699. The minimum Gasteiger partial charge on any atom is -0.365 e. The topological polar surface area (TPSA) is 66.9 Å². The molecular formula is C13H14N2O. The SMILES string of the molecule is CC(C)c1ccc(C=C(C#N)C(N)=O)cc1. The fourth-order valence-electron chi connectivity index (χ4n) is 1.30. The highest BCUT2D eigenvalue weighted by Crippen LogP contribution is 2.16. The first-order valence-electron chi connectivity index (χ1n) is 5.06. The van der Waals surface area contributed by atoms with Crippen molar-refractivity contribution in [2.45, 2.75) is 19.8 Å². The van der Waals surface area contributed by atoms with E-state index in [1.807, 2.05) is 24.3 Å². The summed E-state index contributed by atoms with van der Waals surface area (Å²) >= 11 is 0. The lowest BCUT2D eigenvalue weighted by Crippen LogP contribution is -2.12. The summed E-state index contributed by atoms with van der Waals surface area (Å²) < 4.78 is 0. The van der Waals surface area contributed by atoms with Gasteiger partial charge in [0.1, 0.15) is 11.6 Å². The van der Waals surface area contributed by atoms with Gasteiger partial charge in [0.25, 0.3) is 5.91 Å². The summed E-state index contributed by atoms with van der Waals surface area (Å²) in [7, 11) is 0. The Bertz CT molecular complexity index is 450. The first kappa shape index (κ1) is 12.0. The highest BCUT2D eigenvalue weighted by Gasteiger charge is 2.03. The van der Waals surface area contributed by atoms with E-state index in [0.717, 1.165) is 5.56 Å². The number of carbonyl (C=O) groups excluding carboxylic acids is 1. The molecule has 1 amide bonds. The van der Waals surface area contributed by atoms with Gasteiger partial charge < -0.3 is 5.73 Å². The van der Waals surface area contributed by atoms with E-state index in [1.165, 1.54) is 11.6 Å². The van der Waals surface area contributed by atoms with Crippen LogP contribution in [0.3, 0.4) is 0 Å². The number of nitrogens with zero attached hydrogens (tertiary/aromatic N) is 1. The van der Waals surface area contributed by atoms with Gasteiger partial charge in [-0.05, 0) is 23.1 Å². The summed E-state index contributed by atoms with van der Waals surface area (Å²) in [5.74, 6) is -0.236. The van der Waals surface area contributed by atoms with E-state index in [9.17, 15) is 4.79 Å². The van der Waals surface area contributed by atoms with Crippen molar-refractivity contribution >= 4 is 12.0 Å². The van der Waals surface area contributed by atoms with Gasteiger partial charge in [0.05, 0.1) is 0 Å². The molecule has 1 rings (SSSR count). The molecule has 3 heteroatoms. The normalized spacial score (nSPS) is 11.2. The third-order valence-electron chi connectivity index (χ3n) is 2.30. The maximum absolute atomic E-state index is 10.8. The zero-order valence-electron chi connectivity index (χ0n) is 9.40. The van der Waals surface area contributed by atoms with Crippen LogP contribution in [0.15, 0.2) is 29.8 Å². The highest BCUT2D eigenvalue weighted by atomic mass is 16.1. The lowest BCUT2D eigenvalue weighted by Gasteiger charge is -2.04. The van der Waals surface area contributed by atoms with E-state index in [1.54, 1.807) is 6.07 Å².